The van der Waals surface area contributed by atoms with Crippen LogP contribution in [0.1, 0.15) is 52.4 Å². The molecule has 0 aliphatic carbocycles. The number of anilines is 3. The van der Waals surface area contributed by atoms with Gasteiger partial charge in [0.05, 0.1) is 5.56 Å². The van der Waals surface area contributed by atoms with Gasteiger partial charge in [-0.1, -0.05) is 49.7 Å². The summed E-state index contributed by atoms with van der Waals surface area (Å²) >= 11 is 0. The van der Waals surface area contributed by atoms with E-state index in [2.05, 4.69) is 67.4 Å². The molecule has 1 heterocycles. The smallest absolute Gasteiger partial charge is 0.258 e. The van der Waals surface area contributed by atoms with Crippen LogP contribution in [0.3, 0.4) is 0 Å². The second-order valence-corrected chi connectivity index (χ2v) is 7.39. The maximum Gasteiger partial charge on any atom is 0.258 e. The highest BCUT2D eigenvalue weighted by molar-refractivity contribution is 6.04. The molecule has 0 fully saturated rings. The van der Waals surface area contributed by atoms with Crippen molar-refractivity contribution in [3.05, 3.63) is 76.6 Å². The maximum atomic E-state index is 12.6. The Morgan fingerprint density at radius 3 is 2.18 bits per heavy atom. The summed E-state index contributed by atoms with van der Waals surface area (Å²) in [5.41, 5.74) is 6.81. The second-order valence-electron chi connectivity index (χ2n) is 7.39. The molecule has 0 radical (unpaired) electrons. The van der Waals surface area contributed by atoms with Gasteiger partial charge in [0.2, 0.25) is 5.95 Å². The lowest BCUT2D eigenvalue weighted by Gasteiger charge is -2.14. The van der Waals surface area contributed by atoms with Crippen molar-refractivity contribution in [2.45, 2.75) is 40.5 Å². The molecule has 3 rings (SSSR count). The van der Waals surface area contributed by atoms with Crippen LogP contribution < -0.4 is 10.6 Å². The molecule has 0 aliphatic heterocycles. The highest BCUT2D eigenvalue weighted by Gasteiger charge is 2.12. The molecule has 0 bridgehead atoms. The van der Waals surface area contributed by atoms with Gasteiger partial charge in [-0.05, 0) is 49.4 Å². The van der Waals surface area contributed by atoms with Crippen molar-refractivity contribution in [3.8, 4) is 0 Å². The molecular formula is C23H26N4O. The number of hydrogen-bond acceptors (Lipinski definition) is 4. The number of hydrogen-bond donors (Lipinski definition) is 2. The SMILES string of the molecule is Cc1cc(C)c(Nc2ncc(C(=O)Nc3ccccc3C(C)C)cn2)c(C)c1. The number of nitrogens with one attached hydrogen (secondary N) is 2. The van der Waals surface area contributed by atoms with Gasteiger partial charge in [0.1, 0.15) is 0 Å². The number of carbonyl (C=O) groups is 1. The molecule has 144 valence electrons. The minimum Gasteiger partial charge on any atom is -0.324 e. The van der Waals surface area contributed by atoms with Crippen LogP contribution in [0.4, 0.5) is 17.3 Å². The van der Waals surface area contributed by atoms with E-state index in [4.69, 9.17) is 0 Å². The molecule has 1 amide bonds. The Labute approximate surface area is 166 Å². The van der Waals surface area contributed by atoms with Gasteiger partial charge in [0.25, 0.3) is 5.91 Å². The van der Waals surface area contributed by atoms with Crippen LogP contribution in [-0.2, 0) is 0 Å². The van der Waals surface area contributed by atoms with E-state index in [0.717, 1.165) is 28.1 Å². The molecule has 0 saturated carbocycles. The first-order valence-corrected chi connectivity index (χ1v) is 9.42. The number of amides is 1. The summed E-state index contributed by atoms with van der Waals surface area (Å²) in [6.45, 7) is 10.4. The zero-order valence-corrected chi connectivity index (χ0v) is 17.0. The Morgan fingerprint density at radius 2 is 1.57 bits per heavy atom. The first-order chi connectivity index (χ1) is 13.3. The van der Waals surface area contributed by atoms with E-state index in [1.54, 1.807) is 12.4 Å². The van der Waals surface area contributed by atoms with E-state index in [9.17, 15) is 4.79 Å². The third-order valence-corrected chi connectivity index (χ3v) is 4.66. The van der Waals surface area contributed by atoms with Crippen LogP contribution in [0.5, 0.6) is 0 Å². The minimum atomic E-state index is -0.220. The molecule has 28 heavy (non-hydrogen) atoms. The van der Waals surface area contributed by atoms with Crippen LogP contribution in [0.25, 0.3) is 0 Å². The number of rotatable bonds is 5. The average Bonchev–Trinajstić information content (AvgIpc) is 2.65. The number of carbonyl (C=O) groups excluding carboxylic acids is 1. The Hall–Kier alpha value is -3.21. The molecule has 3 aromatic rings. The van der Waals surface area contributed by atoms with Crippen molar-refractivity contribution in [2.24, 2.45) is 0 Å². The monoisotopic (exact) mass is 374 g/mol. The topological polar surface area (TPSA) is 66.9 Å². The lowest BCUT2D eigenvalue weighted by atomic mass is 10.0. The standard InChI is InChI=1S/C23H26N4O/c1-14(2)19-8-6-7-9-20(19)26-22(28)18-12-24-23(25-13-18)27-21-16(4)10-15(3)11-17(21)5/h6-14H,1-5H3,(H,26,28)(H,24,25,27). The number of aryl methyl sites for hydroxylation is 3. The average molecular weight is 374 g/mol. The van der Waals surface area contributed by atoms with E-state index in [1.807, 2.05) is 24.3 Å². The van der Waals surface area contributed by atoms with Gasteiger partial charge in [0.15, 0.2) is 0 Å². The van der Waals surface area contributed by atoms with Crippen LogP contribution >= 0.6 is 0 Å². The molecule has 0 unspecified atom stereocenters. The third kappa shape index (κ3) is 4.36. The summed E-state index contributed by atoms with van der Waals surface area (Å²) in [6, 6.07) is 12.1. The van der Waals surface area contributed by atoms with Gasteiger partial charge >= 0.3 is 0 Å². The quantitative estimate of drug-likeness (QED) is 0.617. The van der Waals surface area contributed by atoms with Crippen LogP contribution in [-0.4, -0.2) is 15.9 Å². The Bertz CT molecular complexity index is 971. The van der Waals surface area contributed by atoms with E-state index >= 15 is 0 Å². The molecule has 0 saturated heterocycles. The van der Waals surface area contributed by atoms with Crippen molar-refractivity contribution in [1.82, 2.24) is 9.97 Å². The summed E-state index contributed by atoms with van der Waals surface area (Å²) in [5.74, 6) is 0.567. The number of benzene rings is 2. The predicted octanol–water partition coefficient (Wildman–Crippen LogP) is 5.52. The fraction of sp³-hybridized carbons (Fsp3) is 0.261. The zero-order chi connectivity index (χ0) is 20.3. The lowest BCUT2D eigenvalue weighted by Crippen LogP contribution is -2.14. The molecule has 2 N–H and O–H groups in total. The summed E-state index contributed by atoms with van der Waals surface area (Å²) in [4.78, 5) is 21.2. The fourth-order valence-electron chi connectivity index (χ4n) is 3.31. The highest BCUT2D eigenvalue weighted by atomic mass is 16.1. The number of aromatic nitrogens is 2. The van der Waals surface area contributed by atoms with Gasteiger partial charge in [-0.3, -0.25) is 4.79 Å². The van der Waals surface area contributed by atoms with Crippen LogP contribution in [0.2, 0.25) is 0 Å². The first-order valence-electron chi connectivity index (χ1n) is 9.42. The van der Waals surface area contributed by atoms with Gasteiger partial charge in [-0.25, -0.2) is 9.97 Å². The van der Waals surface area contributed by atoms with Gasteiger partial charge in [-0.2, -0.15) is 0 Å². The lowest BCUT2D eigenvalue weighted by molar-refractivity contribution is 0.102. The first kappa shape index (κ1) is 19.5. The molecule has 0 spiro atoms. The van der Waals surface area contributed by atoms with E-state index < -0.39 is 0 Å². The Balaban J connectivity index is 1.75. The molecule has 5 heteroatoms. The predicted molar refractivity (Wildman–Crippen MR) is 114 cm³/mol. The molecule has 2 aromatic carbocycles. The van der Waals surface area contributed by atoms with Crippen molar-refractivity contribution in [2.75, 3.05) is 10.6 Å². The summed E-state index contributed by atoms with van der Waals surface area (Å²) in [7, 11) is 0. The summed E-state index contributed by atoms with van der Waals surface area (Å²) in [5, 5.41) is 6.22. The second kappa shape index (κ2) is 8.21. The third-order valence-electron chi connectivity index (χ3n) is 4.66. The van der Waals surface area contributed by atoms with Crippen molar-refractivity contribution in [1.29, 1.82) is 0 Å². The van der Waals surface area contributed by atoms with Gasteiger partial charge in [0, 0.05) is 23.8 Å². The Kier molecular flexibility index (Phi) is 5.73. The van der Waals surface area contributed by atoms with Crippen LogP contribution in [0.15, 0.2) is 48.8 Å². The minimum absolute atomic E-state index is 0.220. The van der Waals surface area contributed by atoms with Crippen molar-refractivity contribution in [3.63, 3.8) is 0 Å². The summed E-state index contributed by atoms with van der Waals surface area (Å²) in [6.07, 6.45) is 3.09. The van der Waals surface area contributed by atoms with E-state index in [0.29, 0.717) is 17.4 Å². The molecule has 1 aromatic heterocycles. The largest absolute Gasteiger partial charge is 0.324 e. The molecular weight excluding hydrogens is 348 g/mol. The molecule has 0 aliphatic rings. The summed E-state index contributed by atoms with van der Waals surface area (Å²) < 4.78 is 0. The highest BCUT2D eigenvalue weighted by Crippen LogP contribution is 2.25. The number of para-hydroxylation sites is 1. The normalized spacial score (nSPS) is 10.8. The molecule has 5 nitrogen and oxygen atoms in total. The van der Waals surface area contributed by atoms with Crippen LogP contribution in [0, 0.1) is 20.8 Å². The zero-order valence-electron chi connectivity index (χ0n) is 17.0. The van der Waals surface area contributed by atoms with E-state index in [1.165, 1.54) is 5.56 Å². The van der Waals surface area contributed by atoms with Crippen molar-refractivity contribution >= 4 is 23.2 Å². The fourth-order valence-corrected chi connectivity index (χ4v) is 3.31. The Morgan fingerprint density at radius 1 is 0.964 bits per heavy atom. The van der Waals surface area contributed by atoms with Crippen molar-refractivity contribution < 1.29 is 4.79 Å². The number of nitrogens with zero attached hydrogens (tertiary/aromatic N) is 2. The van der Waals surface area contributed by atoms with Gasteiger partial charge in [-0.15, -0.1) is 0 Å². The maximum absolute atomic E-state index is 12.6. The van der Waals surface area contributed by atoms with Gasteiger partial charge < -0.3 is 10.6 Å². The molecule has 0 atom stereocenters. The van der Waals surface area contributed by atoms with E-state index in [-0.39, 0.29) is 5.91 Å².